The molecule has 2 rings (SSSR count). The molecule has 1 fully saturated rings. The minimum atomic E-state index is -0.0253. The lowest BCUT2D eigenvalue weighted by Gasteiger charge is -2.32. The molecule has 1 aromatic carbocycles. The summed E-state index contributed by atoms with van der Waals surface area (Å²) in [5, 5.41) is 3.85. The topological polar surface area (TPSA) is 41.6 Å². The molecule has 0 unspecified atom stereocenters. The quantitative estimate of drug-likeness (QED) is 0.889. The molecule has 0 radical (unpaired) electrons. The molecule has 1 N–H and O–H groups in total. The maximum absolute atomic E-state index is 12.4. The monoisotopic (exact) mass is 268 g/mol. The second-order valence-corrected chi connectivity index (χ2v) is 4.89. The molecule has 4 nitrogen and oxygen atoms in total. The summed E-state index contributed by atoms with van der Waals surface area (Å²) in [6.45, 7) is 4.29. The van der Waals surface area contributed by atoms with Crippen molar-refractivity contribution in [1.82, 2.24) is 10.2 Å². The summed E-state index contributed by atoms with van der Waals surface area (Å²) in [6, 6.07) is 5.42. The fraction of sp³-hybridized carbons (Fsp3) is 0.462. The van der Waals surface area contributed by atoms with Crippen LogP contribution in [0.25, 0.3) is 0 Å². The molecule has 1 atom stereocenters. The highest BCUT2D eigenvalue weighted by Crippen LogP contribution is 2.24. The highest BCUT2D eigenvalue weighted by Gasteiger charge is 2.24. The first-order valence-corrected chi connectivity index (χ1v) is 6.36. The van der Waals surface area contributed by atoms with Crippen LogP contribution in [-0.4, -0.2) is 43.6 Å². The number of hydrogen-bond donors (Lipinski definition) is 1. The average molecular weight is 269 g/mol. The first-order chi connectivity index (χ1) is 8.61. The number of piperazine rings is 1. The third-order valence-corrected chi connectivity index (χ3v) is 3.28. The predicted octanol–water partition coefficient (Wildman–Crippen LogP) is 1.78. The van der Waals surface area contributed by atoms with Gasteiger partial charge in [-0.1, -0.05) is 11.6 Å². The zero-order chi connectivity index (χ0) is 13.1. The number of hydrogen-bond acceptors (Lipinski definition) is 3. The maximum Gasteiger partial charge on any atom is 0.257 e. The van der Waals surface area contributed by atoms with Gasteiger partial charge in [0.05, 0.1) is 12.7 Å². The van der Waals surface area contributed by atoms with Gasteiger partial charge in [0.25, 0.3) is 5.91 Å². The van der Waals surface area contributed by atoms with E-state index in [9.17, 15) is 4.79 Å². The van der Waals surface area contributed by atoms with Crippen molar-refractivity contribution in [2.45, 2.75) is 13.0 Å². The number of ether oxygens (including phenoxy) is 1. The normalized spacial score (nSPS) is 19.7. The number of carbonyl (C=O) groups excluding carboxylic acids is 1. The van der Waals surface area contributed by atoms with Crippen molar-refractivity contribution in [3.05, 3.63) is 28.8 Å². The molecule has 0 spiro atoms. The molecule has 1 aromatic rings. The number of halogens is 1. The van der Waals surface area contributed by atoms with Crippen molar-refractivity contribution in [3.8, 4) is 5.75 Å². The third kappa shape index (κ3) is 2.76. The zero-order valence-corrected chi connectivity index (χ0v) is 11.3. The predicted molar refractivity (Wildman–Crippen MR) is 71.4 cm³/mol. The zero-order valence-electron chi connectivity index (χ0n) is 10.6. The number of methoxy groups -OCH3 is 1. The third-order valence-electron chi connectivity index (χ3n) is 3.05. The van der Waals surface area contributed by atoms with Gasteiger partial charge in [0.2, 0.25) is 0 Å². The number of nitrogens with one attached hydrogen (secondary N) is 1. The van der Waals surface area contributed by atoms with Crippen molar-refractivity contribution < 1.29 is 9.53 Å². The molecule has 1 aliphatic heterocycles. The Morgan fingerprint density at radius 1 is 1.56 bits per heavy atom. The molecule has 98 valence electrons. The Labute approximate surface area is 112 Å². The van der Waals surface area contributed by atoms with Gasteiger partial charge in [0.1, 0.15) is 5.75 Å². The van der Waals surface area contributed by atoms with Crippen LogP contribution in [0, 0.1) is 0 Å². The van der Waals surface area contributed by atoms with Crippen molar-refractivity contribution in [3.63, 3.8) is 0 Å². The molecule has 0 bridgehead atoms. The van der Waals surface area contributed by atoms with Gasteiger partial charge in [-0.05, 0) is 25.1 Å². The van der Waals surface area contributed by atoms with Crippen molar-refractivity contribution in [1.29, 1.82) is 0 Å². The first-order valence-electron chi connectivity index (χ1n) is 5.98. The van der Waals surface area contributed by atoms with E-state index in [2.05, 4.69) is 12.2 Å². The molecule has 1 saturated heterocycles. The Balaban J connectivity index is 2.24. The van der Waals surface area contributed by atoms with Crippen LogP contribution in [-0.2, 0) is 0 Å². The van der Waals surface area contributed by atoms with Gasteiger partial charge < -0.3 is 15.0 Å². The standard InChI is InChI=1S/C13H17ClN2O2/c1-9-8-16(6-5-15-9)13(17)11-7-10(14)3-4-12(11)18-2/h3-4,7,9,15H,5-6,8H2,1-2H3/t9-/m1/s1. The van der Waals surface area contributed by atoms with E-state index in [0.717, 1.165) is 6.54 Å². The molecule has 1 amide bonds. The lowest BCUT2D eigenvalue weighted by molar-refractivity contribution is 0.0705. The first kappa shape index (κ1) is 13.2. The Bertz CT molecular complexity index is 451. The molecule has 5 heteroatoms. The van der Waals surface area contributed by atoms with E-state index in [-0.39, 0.29) is 5.91 Å². The molecule has 18 heavy (non-hydrogen) atoms. The highest BCUT2D eigenvalue weighted by molar-refractivity contribution is 6.31. The van der Waals surface area contributed by atoms with Gasteiger partial charge in [0.15, 0.2) is 0 Å². The fourth-order valence-electron chi connectivity index (χ4n) is 2.13. The van der Waals surface area contributed by atoms with Crippen molar-refractivity contribution >= 4 is 17.5 Å². The Morgan fingerprint density at radius 2 is 2.33 bits per heavy atom. The average Bonchev–Trinajstić information content (AvgIpc) is 2.38. The van der Waals surface area contributed by atoms with E-state index in [1.165, 1.54) is 0 Å². The van der Waals surface area contributed by atoms with E-state index in [0.29, 0.717) is 35.5 Å². The highest BCUT2D eigenvalue weighted by atomic mass is 35.5. The Kier molecular flexibility index (Phi) is 4.09. The Morgan fingerprint density at radius 3 is 3.00 bits per heavy atom. The van der Waals surface area contributed by atoms with Crippen LogP contribution in [0.1, 0.15) is 17.3 Å². The second-order valence-electron chi connectivity index (χ2n) is 4.45. The van der Waals surface area contributed by atoms with Crippen molar-refractivity contribution in [2.24, 2.45) is 0 Å². The summed E-state index contributed by atoms with van der Waals surface area (Å²) >= 11 is 5.95. The van der Waals surface area contributed by atoms with Crippen LogP contribution in [0.4, 0.5) is 0 Å². The number of carbonyl (C=O) groups is 1. The molecule has 0 aliphatic carbocycles. The van der Waals surface area contributed by atoms with Gasteiger partial charge >= 0.3 is 0 Å². The maximum atomic E-state index is 12.4. The summed E-state index contributed by atoms with van der Waals surface area (Å²) in [7, 11) is 1.56. The minimum absolute atomic E-state index is 0.0253. The lowest BCUT2D eigenvalue weighted by Crippen LogP contribution is -2.51. The number of benzene rings is 1. The largest absolute Gasteiger partial charge is 0.496 e. The fourth-order valence-corrected chi connectivity index (χ4v) is 2.31. The van der Waals surface area contributed by atoms with Gasteiger partial charge in [-0.15, -0.1) is 0 Å². The number of nitrogens with zero attached hydrogens (tertiary/aromatic N) is 1. The van der Waals surface area contributed by atoms with Gasteiger partial charge in [-0.3, -0.25) is 4.79 Å². The van der Waals surface area contributed by atoms with Crippen LogP contribution >= 0.6 is 11.6 Å². The number of amides is 1. The van der Waals surface area contributed by atoms with E-state index in [1.54, 1.807) is 25.3 Å². The second kappa shape index (κ2) is 5.59. The SMILES string of the molecule is COc1ccc(Cl)cc1C(=O)N1CCN[C@H](C)C1. The number of rotatable bonds is 2. The van der Waals surface area contributed by atoms with Crippen LogP contribution in [0.5, 0.6) is 5.75 Å². The van der Waals surface area contributed by atoms with Crippen LogP contribution < -0.4 is 10.1 Å². The van der Waals surface area contributed by atoms with E-state index < -0.39 is 0 Å². The van der Waals surface area contributed by atoms with Crippen LogP contribution in [0.15, 0.2) is 18.2 Å². The summed E-state index contributed by atoms with van der Waals surface area (Å²) in [5.41, 5.74) is 0.527. The van der Waals surface area contributed by atoms with E-state index >= 15 is 0 Å². The van der Waals surface area contributed by atoms with Gasteiger partial charge in [0, 0.05) is 30.7 Å². The summed E-state index contributed by atoms with van der Waals surface area (Å²) in [5.74, 6) is 0.540. The molecule has 1 heterocycles. The van der Waals surface area contributed by atoms with Gasteiger partial charge in [-0.2, -0.15) is 0 Å². The summed E-state index contributed by atoms with van der Waals surface area (Å²) in [6.07, 6.45) is 0. The van der Waals surface area contributed by atoms with Crippen LogP contribution in [0.2, 0.25) is 5.02 Å². The van der Waals surface area contributed by atoms with E-state index in [1.807, 2.05) is 4.90 Å². The summed E-state index contributed by atoms with van der Waals surface area (Å²) < 4.78 is 5.22. The smallest absolute Gasteiger partial charge is 0.257 e. The minimum Gasteiger partial charge on any atom is -0.496 e. The lowest BCUT2D eigenvalue weighted by atomic mass is 10.1. The van der Waals surface area contributed by atoms with Gasteiger partial charge in [-0.25, -0.2) is 0 Å². The van der Waals surface area contributed by atoms with E-state index in [4.69, 9.17) is 16.3 Å². The molecule has 0 saturated carbocycles. The molecular weight excluding hydrogens is 252 g/mol. The molecule has 0 aromatic heterocycles. The molecule has 1 aliphatic rings. The van der Waals surface area contributed by atoms with Crippen molar-refractivity contribution in [2.75, 3.05) is 26.7 Å². The molecular formula is C13H17ClN2O2. The summed E-state index contributed by atoms with van der Waals surface area (Å²) in [4.78, 5) is 14.3. The Hall–Kier alpha value is -1.26. The van der Waals surface area contributed by atoms with Crippen LogP contribution in [0.3, 0.4) is 0 Å².